The highest BCUT2D eigenvalue weighted by Crippen LogP contribution is 2.47. The van der Waals surface area contributed by atoms with Crippen LogP contribution in [0.2, 0.25) is 0 Å². The molecule has 3 N–H and O–H groups in total. The van der Waals surface area contributed by atoms with Crippen LogP contribution < -0.4 is 16.0 Å². The Kier molecular flexibility index (Phi) is 3.60. The monoisotopic (exact) mass is 301 g/mol. The lowest BCUT2D eigenvalue weighted by Crippen LogP contribution is -2.40. The fraction of sp³-hybridized carbons (Fsp3) is 0.438. The van der Waals surface area contributed by atoms with Crippen LogP contribution in [-0.4, -0.2) is 23.8 Å². The summed E-state index contributed by atoms with van der Waals surface area (Å²) < 4.78 is 0. The van der Waals surface area contributed by atoms with Crippen molar-refractivity contribution in [1.29, 1.82) is 0 Å². The van der Waals surface area contributed by atoms with E-state index in [1.807, 2.05) is 0 Å². The summed E-state index contributed by atoms with van der Waals surface area (Å²) in [5.74, 6) is -0.550. The molecule has 0 spiro atoms. The SMILES string of the molecule is CC(=O)Nc1ccc(NC(=O)C2(C(=O)NC3CC3)CC2)cc1. The molecule has 2 saturated carbocycles. The first-order valence-electron chi connectivity index (χ1n) is 7.50. The van der Waals surface area contributed by atoms with E-state index in [9.17, 15) is 14.4 Å². The van der Waals surface area contributed by atoms with Gasteiger partial charge in [0.1, 0.15) is 5.41 Å². The fourth-order valence-electron chi connectivity index (χ4n) is 2.32. The molecule has 0 saturated heterocycles. The molecule has 3 rings (SSSR count). The number of nitrogens with one attached hydrogen (secondary N) is 3. The van der Waals surface area contributed by atoms with E-state index < -0.39 is 5.41 Å². The van der Waals surface area contributed by atoms with Crippen LogP contribution in [0.15, 0.2) is 24.3 Å². The Labute approximate surface area is 128 Å². The maximum Gasteiger partial charge on any atom is 0.240 e. The molecule has 2 fully saturated rings. The van der Waals surface area contributed by atoms with Gasteiger partial charge in [-0.3, -0.25) is 14.4 Å². The van der Waals surface area contributed by atoms with Gasteiger partial charge in [0.05, 0.1) is 0 Å². The Morgan fingerprint density at radius 3 is 1.95 bits per heavy atom. The van der Waals surface area contributed by atoms with Crippen LogP contribution in [0.1, 0.15) is 32.6 Å². The van der Waals surface area contributed by atoms with Gasteiger partial charge in [-0.1, -0.05) is 0 Å². The summed E-state index contributed by atoms with van der Waals surface area (Å²) >= 11 is 0. The fourth-order valence-corrected chi connectivity index (χ4v) is 2.32. The number of carbonyl (C=O) groups is 3. The highest BCUT2D eigenvalue weighted by molar-refractivity contribution is 6.13. The third-order valence-corrected chi connectivity index (χ3v) is 3.99. The Bertz CT molecular complexity index is 616. The van der Waals surface area contributed by atoms with E-state index >= 15 is 0 Å². The highest BCUT2D eigenvalue weighted by Gasteiger charge is 2.57. The summed E-state index contributed by atoms with van der Waals surface area (Å²) in [5, 5.41) is 8.35. The van der Waals surface area contributed by atoms with Gasteiger partial charge in [0.2, 0.25) is 17.7 Å². The number of rotatable bonds is 5. The van der Waals surface area contributed by atoms with E-state index in [1.54, 1.807) is 24.3 Å². The van der Waals surface area contributed by atoms with Gasteiger partial charge in [-0.05, 0) is 49.9 Å². The van der Waals surface area contributed by atoms with E-state index in [-0.39, 0.29) is 23.8 Å². The Balaban J connectivity index is 1.61. The predicted octanol–water partition coefficient (Wildman–Crippen LogP) is 1.64. The van der Waals surface area contributed by atoms with Gasteiger partial charge in [0, 0.05) is 24.3 Å². The van der Waals surface area contributed by atoms with Gasteiger partial charge >= 0.3 is 0 Å². The first kappa shape index (κ1) is 14.6. The molecular formula is C16H19N3O3. The molecule has 116 valence electrons. The van der Waals surface area contributed by atoms with Crippen molar-refractivity contribution in [3.8, 4) is 0 Å². The first-order valence-corrected chi connectivity index (χ1v) is 7.50. The quantitative estimate of drug-likeness (QED) is 0.723. The van der Waals surface area contributed by atoms with Gasteiger partial charge < -0.3 is 16.0 Å². The van der Waals surface area contributed by atoms with Crippen LogP contribution >= 0.6 is 0 Å². The zero-order chi connectivity index (χ0) is 15.7. The molecule has 0 aromatic heterocycles. The van der Waals surface area contributed by atoms with E-state index in [0.717, 1.165) is 12.8 Å². The summed E-state index contributed by atoms with van der Waals surface area (Å²) in [5.41, 5.74) is 0.390. The summed E-state index contributed by atoms with van der Waals surface area (Å²) in [6.07, 6.45) is 3.21. The molecular weight excluding hydrogens is 282 g/mol. The summed E-state index contributed by atoms with van der Waals surface area (Å²) in [6, 6.07) is 7.09. The van der Waals surface area contributed by atoms with Crippen LogP contribution in [-0.2, 0) is 14.4 Å². The topological polar surface area (TPSA) is 87.3 Å². The molecule has 0 aliphatic heterocycles. The van der Waals surface area contributed by atoms with Crippen molar-refractivity contribution in [2.75, 3.05) is 10.6 Å². The zero-order valence-electron chi connectivity index (χ0n) is 12.4. The molecule has 2 aliphatic carbocycles. The molecule has 2 aliphatic rings. The second kappa shape index (κ2) is 5.44. The average Bonchev–Trinajstić information content (AvgIpc) is 3.34. The third kappa shape index (κ3) is 3.10. The summed E-state index contributed by atoms with van der Waals surface area (Å²) in [7, 11) is 0. The second-order valence-electron chi connectivity index (χ2n) is 6.04. The normalized spacial score (nSPS) is 18.2. The average molecular weight is 301 g/mol. The number of amides is 3. The molecule has 0 radical (unpaired) electrons. The minimum absolute atomic E-state index is 0.148. The van der Waals surface area contributed by atoms with E-state index in [0.29, 0.717) is 24.2 Å². The molecule has 1 aromatic carbocycles. The number of benzene rings is 1. The number of hydrogen-bond acceptors (Lipinski definition) is 3. The standard InChI is InChI=1S/C16H19N3O3/c1-10(20)17-11-2-4-12(5-3-11)18-14(21)16(8-9-16)15(22)19-13-6-7-13/h2-5,13H,6-9H2,1H3,(H,17,20)(H,18,21)(H,19,22). The number of hydrogen-bond donors (Lipinski definition) is 3. The van der Waals surface area contributed by atoms with Crippen LogP contribution in [0.3, 0.4) is 0 Å². The minimum atomic E-state index is -0.890. The van der Waals surface area contributed by atoms with Crippen LogP contribution in [0.5, 0.6) is 0 Å². The van der Waals surface area contributed by atoms with Gasteiger partial charge in [-0.25, -0.2) is 0 Å². The lowest BCUT2D eigenvalue weighted by molar-refractivity contribution is -0.134. The van der Waals surface area contributed by atoms with E-state index in [1.165, 1.54) is 6.92 Å². The Morgan fingerprint density at radius 2 is 1.50 bits per heavy atom. The van der Waals surface area contributed by atoms with Gasteiger partial charge in [0.15, 0.2) is 0 Å². The molecule has 0 heterocycles. The smallest absolute Gasteiger partial charge is 0.240 e. The van der Waals surface area contributed by atoms with Crippen molar-refractivity contribution in [2.24, 2.45) is 5.41 Å². The molecule has 6 heteroatoms. The largest absolute Gasteiger partial charge is 0.352 e. The molecule has 22 heavy (non-hydrogen) atoms. The third-order valence-electron chi connectivity index (χ3n) is 3.99. The molecule has 1 aromatic rings. The molecule has 6 nitrogen and oxygen atoms in total. The van der Waals surface area contributed by atoms with E-state index in [2.05, 4.69) is 16.0 Å². The molecule has 0 unspecified atom stereocenters. The zero-order valence-corrected chi connectivity index (χ0v) is 12.4. The van der Waals surface area contributed by atoms with Crippen LogP contribution in [0, 0.1) is 5.41 Å². The van der Waals surface area contributed by atoms with Crippen molar-refractivity contribution < 1.29 is 14.4 Å². The highest BCUT2D eigenvalue weighted by atomic mass is 16.2. The Hall–Kier alpha value is -2.37. The lowest BCUT2D eigenvalue weighted by atomic mass is 10.0. The first-order chi connectivity index (χ1) is 10.5. The predicted molar refractivity (Wildman–Crippen MR) is 82.2 cm³/mol. The van der Waals surface area contributed by atoms with E-state index in [4.69, 9.17) is 0 Å². The summed E-state index contributed by atoms with van der Waals surface area (Å²) in [6.45, 7) is 1.44. The van der Waals surface area contributed by atoms with Crippen LogP contribution in [0.4, 0.5) is 11.4 Å². The van der Waals surface area contributed by atoms with Crippen molar-refractivity contribution in [3.63, 3.8) is 0 Å². The maximum absolute atomic E-state index is 12.4. The Morgan fingerprint density at radius 1 is 0.955 bits per heavy atom. The van der Waals surface area contributed by atoms with Crippen molar-refractivity contribution >= 4 is 29.1 Å². The lowest BCUT2D eigenvalue weighted by Gasteiger charge is -2.15. The molecule has 3 amide bonds. The van der Waals surface area contributed by atoms with Crippen LogP contribution in [0.25, 0.3) is 0 Å². The van der Waals surface area contributed by atoms with Gasteiger partial charge in [-0.15, -0.1) is 0 Å². The summed E-state index contributed by atoms with van der Waals surface area (Å²) in [4.78, 5) is 35.5. The molecule has 0 atom stereocenters. The van der Waals surface area contributed by atoms with Gasteiger partial charge in [0.25, 0.3) is 0 Å². The van der Waals surface area contributed by atoms with Crippen molar-refractivity contribution in [3.05, 3.63) is 24.3 Å². The van der Waals surface area contributed by atoms with Crippen molar-refractivity contribution in [2.45, 2.75) is 38.6 Å². The number of carbonyl (C=O) groups excluding carboxylic acids is 3. The maximum atomic E-state index is 12.4. The number of anilines is 2. The molecule has 0 bridgehead atoms. The second-order valence-corrected chi connectivity index (χ2v) is 6.04. The van der Waals surface area contributed by atoms with Gasteiger partial charge in [-0.2, -0.15) is 0 Å². The van der Waals surface area contributed by atoms with Crippen molar-refractivity contribution in [1.82, 2.24) is 5.32 Å². The minimum Gasteiger partial charge on any atom is -0.352 e.